The third-order valence-electron chi connectivity index (χ3n) is 2.04. The number of nitrogens with zero attached hydrogens (tertiary/aromatic N) is 1. The molecule has 1 saturated carbocycles. The lowest BCUT2D eigenvalue weighted by Crippen LogP contribution is -2.45. The smallest absolute Gasteiger partial charge is 0.324 e. The number of hydrogen-bond acceptors (Lipinski definition) is 3. The number of urea groups is 1. The van der Waals surface area contributed by atoms with Crippen LogP contribution in [-0.2, 0) is 9.59 Å². The number of amides is 4. The minimum Gasteiger partial charge on any atom is -0.352 e. The molecule has 0 radical (unpaired) electrons. The summed E-state index contributed by atoms with van der Waals surface area (Å²) in [4.78, 5) is 34.6. The van der Waals surface area contributed by atoms with Crippen molar-refractivity contribution in [3.8, 4) is 0 Å². The third-order valence-corrected chi connectivity index (χ3v) is 2.28. The fourth-order valence-corrected chi connectivity index (χ4v) is 1.10. The van der Waals surface area contributed by atoms with Crippen molar-refractivity contribution in [3.05, 3.63) is 0 Å². The summed E-state index contributed by atoms with van der Waals surface area (Å²) in [5.41, 5.74) is 0. The minimum atomic E-state index is -0.628. The van der Waals surface area contributed by atoms with Gasteiger partial charge in [0.15, 0.2) is 0 Å². The summed E-state index contributed by atoms with van der Waals surface area (Å²) in [6, 6.07) is -0.370. The number of alkyl halides is 1. The standard InChI is InChI=1S/C9H14ClN3O3/c1-13(9(16)12-7(14)4-10)5-8(15)11-6-2-3-6/h6H,2-5H2,1H3,(H,11,15)(H,12,14,16). The summed E-state index contributed by atoms with van der Waals surface area (Å²) in [5.74, 6) is -1.09. The summed E-state index contributed by atoms with van der Waals surface area (Å²) in [7, 11) is 1.43. The van der Waals surface area contributed by atoms with Crippen molar-refractivity contribution in [2.24, 2.45) is 0 Å². The van der Waals surface area contributed by atoms with Gasteiger partial charge in [0.1, 0.15) is 12.4 Å². The Kier molecular flexibility index (Phi) is 4.54. The highest BCUT2D eigenvalue weighted by Gasteiger charge is 2.24. The van der Waals surface area contributed by atoms with Gasteiger partial charge >= 0.3 is 6.03 Å². The van der Waals surface area contributed by atoms with E-state index in [1.807, 2.05) is 5.32 Å². The fraction of sp³-hybridized carbons (Fsp3) is 0.667. The Morgan fingerprint density at radius 3 is 2.44 bits per heavy atom. The number of hydrogen-bond donors (Lipinski definition) is 2. The van der Waals surface area contributed by atoms with E-state index >= 15 is 0 Å². The van der Waals surface area contributed by atoms with Crippen LogP contribution in [-0.4, -0.2) is 48.3 Å². The maximum absolute atomic E-state index is 11.3. The highest BCUT2D eigenvalue weighted by atomic mass is 35.5. The first-order chi connectivity index (χ1) is 7.52. The molecule has 0 atom stereocenters. The molecule has 0 aromatic heterocycles. The van der Waals surface area contributed by atoms with E-state index in [-0.39, 0.29) is 24.4 Å². The number of likely N-dealkylation sites (N-methyl/N-ethyl adjacent to an activating group) is 1. The Balaban J connectivity index is 2.26. The number of rotatable bonds is 4. The Labute approximate surface area is 98.3 Å². The van der Waals surface area contributed by atoms with Crippen molar-refractivity contribution in [2.45, 2.75) is 18.9 Å². The minimum absolute atomic E-state index is 0.0715. The molecule has 90 valence electrons. The normalized spacial score (nSPS) is 14.1. The van der Waals surface area contributed by atoms with E-state index in [2.05, 4.69) is 5.32 Å². The maximum atomic E-state index is 11.3. The van der Waals surface area contributed by atoms with Gasteiger partial charge < -0.3 is 10.2 Å². The van der Waals surface area contributed by atoms with Gasteiger partial charge in [0.2, 0.25) is 11.8 Å². The molecular weight excluding hydrogens is 234 g/mol. The van der Waals surface area contributed by atoms with Crippen LogP contribution in [0.2, 0.25) is 0 Å². The Morgan fingerprint density at radius 1 is 1.31 bits per heavy atom. The molecular formula is C9H14ClN3O3. The first kappa shape index (κ1) is 12.8. The van der Waals surface area contributed by atoms with Crippen LogP contribution in [0.25, 0.3) is 0 Å². The lowest BCUT2D eigenvalue weighted by Gasteiger charge is -2.16. The fourth-order valence-electron chi connectivity index (χ4n) is 1.04. The lowest BCUT2D eigenvalue weighted by molar-refractivity contribution is -0.122. The molecule has 0 heterocycles. The van der Waals surface area contributed by atoms with E-state index in [1.165, 1.54) is 7.05 Å². The number of halogens is 1. The molecule has 7 heteroatoms. The van der Waals surface area contributed by atoms with E-state index in [9.17, 15) is 14.4 Å². The summed E-state index contributed by atoms with van der Waals surface area (Å²) < 4.78 is 0. The van der Waals surface area contributed by atoms with Crippen LogP contribution in [0, 0.1) is 0 Å². The van der Waals surface area contributed by atoms with E-state index in [0.717, 1.165) is 17.7 Å². The molecule has 1 aliphatic carbocycles. The molecule has 0 saturated heterocycles. The van der Waals surface area contributed by atoms with Gasteiger partial charge in [0.05, 0.1) is 0 Å². The van der Waals surface area contributed by atoms with Gasteiger partial charge in [0.25, 0.3) is 0 Å². The van der Waals surface area contributed by atoms with Crippen LogP contribution < -0.4 is 10.6 Å². The predicted octanol–water partition coefficient (Wildman–Crippen LogP) is -0.328. The van der Waals surface area contributed by atoms with E-state index in [1.54, 1.807) is 0 Å². The average molecular weight is 248 g/mol. The van der Waals surface area contributed by atoms with Gasteiger partial charge in [0, 0.05) is 13.1 Å². The Hall–Kier alpha value is -1.30. The zero-order valence-electron chi connectivity index (χ0n) is 8.96. The van der Waals surface area contributed by atoms with Crippen molar-refractivity contribution in [1.82, 2.24) is 15.5 Å². The van der Waals surface area contributed by atoms with Crippen molar-refractivity contribution in [2.75, 3.05) is 19.5 Å². The Bertz CT molecular complexity index is 304. The molecule has 1 aliphatic rings. The molecule has 6 nitrogen and oxygen atoms in total. The largest absolute Gasteiger partial charge is 0.352 e. The van der Waals surface area contributed by atoms with Crippen LogP contribution in [0.1, 0.15) is 12.8 Å². The monoisotopic (exact) mass is 247 g/mol. The molecule has 0 aliphatic heterocycles. The molecule has 0 spiro atoms. The summed E-state index contributed by atoms with van der Waals surface area (Å²) in [6.07, 6.45) is 1.98. The quantitative estimate of drug-likeness (QED) is 0.668. The Morgan fingerprint density at radius 2 is 1.94 bits per heavy atom. The highest BCUT2D eigenvalue weighted by Crippen LogP contribution is 2.18. The summed E-state index contributed by atoms with van der Waals surface area (Å²) in [6.45, 7) is -0.0715. The van der Waals surface area contributed by atoms with E-state index in [0.29, 0.717) is 0 Å². The second-order valence-corrected chi connectivity index (χ2v) is 3.95. The molecule has 4 amide bonds. The topological polar surface area (TPSA) is 78.5 Å². The number of imide groups is 1. The molecule has 0 aromatic rings. The van der Waals surface area contributed by atoms with Crippen LogP contribution in [0.15, 0.2) is 0 Å². The average Bonchev–Trinajstić information content (AvgIpc) is 3.00. The first-order valence-electron chi connectivity index (χ1n) is 4.93. The first-order valence-corrected chi connectivity index (χ1v) is 5.46. The predicted molar refractivity (Wildman–Crippen MR) is 58.1 cm³/mol. The molecule has 1 fully saturated rings. The van der Waals surface area contributed by atoms with Crippen LogP contribution >= 0.6 is 11.6 Å². The molecule has 0 unspecified atom stereocenters. The van der Waals surface area contributed by atoms with Gasteiger partial charge in [-0.15, -0.1) is 11.6 Å². The van der Waals surface area contributed by atoms with Crippen molar-refractivity contribution in [1.29, 1.82) is 0 Å². The highest BCUT2D eigenvalue weighted by molar-refractivity contribution is 6.28. The van der Waals surface area contributed by atoms with Gasteiger partial charge in [-0.1, -0.05) is 0 Å². The van der Waals surface area contributed by atoms with Crippen molar-refractivity contribution < 1.29 is 14.4 Å². The number of carbonyl (C=O) groups excluding carboxylic acids is 3. The van der Waals surface area contributed by atoms with Gasteiger partial charge in [-0.3, -0.25) is 14.9 Å². The SMILES string of the molecule is CN(CC(=O)NC1CC1)C(=O)NC(=O)CCl. The van der Waals surface area contributed by atoms with Crippen LogP contribution in [0.4, 0.5) is 4.79 Å². The van der Waals surface area contributed by atoms with Gasteiger partial charge in [-0.25, -0.2) is 4.79 Å². The zero-order chi connectivity index (χ0) is 12.1. The molecule has 0 bridgehead atoms. The molecule has 2 N–H and O–H groups in total. The van der Waals surface area contributed by atoms with Crippen LogP contribution in [0.5, 0.6) is 0 Å². The summed E-state index contributed by atoms with van der Waals surface area (Å²) in [5, 5.41) is 4.78. The van der Waals surface area contributed by atoms with Gasteiger partial charge in [-0.05, 0) is 12.8 Å². The van der Waals surface area contributed by atoms with Gasteiger partial charge in [-0.2, -0.15) is 0 Å². The number of carbonyl (C=O) groups is 3. The molecule has 16 heavy (non-hydrogen) atoms. The van der Waals surface area contributed by atoms with E-state index in [4.69, 9.17) is 11.6 Å². The lowest BCUT2D eigenvalue weighted by atomic mass is 10.5. The van der Waals surface area contributed by atoms with Crippen molar-refractivity contribution in [3.63, 3.8) is 0 Å². The van der Waals surface area contributed by atoms with Crippen LogP contribution in [0.3, 0.4) is 0 Å². The van der Waals surface area contributed by atoms with E-state index < -0.39 is 11.9 Å². The third kappa shape index (κ3) is 4.48. The molecule has 0 aromatic carbocycles. The second kappa shape index (κ2) is 5.69. The molecule has 1 rings (SSSR count). The number of nitrogens with one attached hydrogen (secondary N) is 2. The summed E-state index contributed by atoms with van der Waals surface area (Å²) >= 11 is 5.22. The maximum Gasteiger partial charge on any atom is 0.324 e. The second-order valence-electron chi connectivity index (χ2n) is 3.68. The zero-order valence-corrected chi connectivity index (χ0v) is 9.71. The van der Waals surface area contributed by atoms with Crippen molar-refractivity contribution >= 4 is 29.4 Å².